The summed E-state index contributed by atoms with van der Waals surface area (Å²) in [5.74, 6) is 0.0184. The number of pyridine rings is 1. The molecule has 19 heavy (non-hydrogen) atoms. The van der Waals surface area contributed by atoms with Gasteiger partial charge in [0, 0.05) is 37.6 Å². The van der Waals surface area contributed by atoms with Crippen molar-refractivity contribution in [3.8, 4) is 0 Å². The molecule has 0 bridgehead atoms. The molecule has 1 amide bonds. The van der Waals surface area contributed by atoms with Crippen molar-refractivity contribution in [3.63, 3.8) is 0 Å². The monoisotopic (exact) mass is 255 g/mol. The van der Waals surface area contributed by atoms with E-state index in [9.17, 15) is 4.79 Å². The predicted octanol–water partition coefficient (Wildman–Crippen LogP) is 2.20. The van der Waals surface area contributed by atoms with Gasteiger partial charge in [0.2, 0.25) is 5.91 Å². The van der Waals surface area contributed by atoms with Crippen LogP contribution < -0.4 is 10.6 Å². The number of hydrogen-bond donors (Lipinski definition) is 2. The molecule has 0 aliphatic rings. The molecule has 0 saturated carbocycles. The second-order valence-electron chi connectivity index (χ2n) is 4.20. The van der Waals surface area contributed by atoms with E-state index in [1.807, 2.05) is 48.7 Å². The summed E-state index contributed by atoms with van der Waals surface area (Å²) >= 11 is 0. The summed E-state index contributed by atoms with van der Waals surface area (Å²) in [6.45, 7) is 1.38. The summed E-state index contributed by atoms with van der Waals surface area (Å²) < 4.78 is 0. The number of carbonyl (C=O) groups excluding carboxylic acids is 1. The van der Waals surface area contributed by atoms with Gasteiger partial charge in [0.05, 0.1) is 0 Å². The van der Waals surface area contributed by atoms with E-state index < -0.39 is 0 Å². The van der Waals surface area contributed by atoms with Crippen LogP contribution in [0, 0.1) is 0 Å². The molecular weight excluding hydrogens is 238 g/mol. The number of rotatable bonds is 6. The third kappa shape index (κ3) is 4.89. The summed E-state index contributed by atoms with van der Waals surface area (Å²) in [6.07, 6.45) is 4.02. The van der Waals surface area contributed by atoms with Gasteiger partial charge in [-0.25, -0.2) is 0 Å². The standard InChI is InChI=1S/C15H17N3O/c19-15(18-14-6-2-1-3-7-14)8-10-17-12-13-5-4-9-16-11-13/h1-7,9,11,17H,8,10,12H2,(H,18,19). The van der Waals surface area contributed by atoms with Gasteiger partial charge >= 0.3 is 0 Å². The quantitative estimate of drug-likeness (QED) is 0.778. The highest BCUT2D eigenvalue weighted by atomic mass is 16.1. The zero-order chi connectivity index (χ0) is 13.3. The smallest absolute Gasteiger partial charge is 0.225 e. The van der Waals surface area contributed by atoms with Gasteiger partial charge in [-0.05, 0) is 23.8 Å². The fourth-order valence-electron chi connectivity index (χ4n) is 1.68. The molecule has 1 heterocycles. The number of amides is 1. The first-order valence-electron chi connectivity index (χ1n) is 6.29. The first kappa shape index (κ1) is 13.2. The van der Waals surface area contributed by atoms with E-state index in [4.69, 9.17) is 0 Å². The fourth-order valence-corrected chi connectivity index (χ4v) is 1.68. The molecule has 2 N–H and O–H groups in total. The molecule has 0 aliphatic heterocycles. The maximum atomic E-state index is 11.7. The van der Waals surface area contributed by atoms with Gasteiger partial charge in [-0.2, -0.15) is 0 Å². The van der Waals surface area contributed by atoms with Gasteiger partial charge in [0.25, 0.3) is 0 Å². The highest BCUT2D eigenvalue weighted by molar-refractivity contribution is 5.90. The lowest BCUT2D eigenvalue weighted by atomic mass is 10.3. The summed E-state index contributed by atoms with van der Waals surface area (Å²) in [6, 6.07) is 13.4. The third-order valence-corrected chi connectivity index (χ3v) is 2.64. The van der Waals surface area contributed by atoms with Crippen molar-refractivity contribution in [1.29, 1.82) is 0 Å². The normalized spacial score (nSPS) is 10.1. The van der Waals surface area contributed by atoms with Crippen LogP contribution in [0.25, 0.3) is 0 Å². The van der Waals surface area contributed by atoms with Gasteiger partial charge in [0.1, 0.15) is 0 Å². The van der Waals surface area contributed by atoms with E-state index in [0.717, 1.165) is 17.8 Å². The lowest BCUT2D eigenvalue weighted by Gasteiger charge is -2.06. The van der Waals surface area contributed by atoms with Crippen molar-refractivity contribution in [3.05, 3.63) is 60.4 Å². The van der Waals surface area contributed by atoms with Crippen LogP contribution in [0.4, 0.5) is 5.69 Å². The molecule has 2 rings (SSSR count). The first-order chi connectivity index (χ1) is 9.34. The van der Waals surface area contributed by atoms with Crippen LogP contribution in [0.5, 0.6) is 0 Å². The lowest BCUT2D eigenvalue weighted by molar-refractivity contribution is -0.116. The van der Waals surface area contributed by atoms with Gasteiger partial charge in [-0.3, -0.25) is 9.78 Å². The van der Waals surface area contributed by atoms with Crippen molar-refractivity contribution in [2.24, 2.45) is 0 Å². The predicted molar refractivity (Wildman–Crippen MR) is 75.6 cm³/mol. The zero-order valence-electron chi connectivity index (χ0n) is 10.7. The number of benzene rings is 1. The minimum Gasteiger partial charge on any atom is -0.326 e. The van der Waals surface area contributed by atoms with Crippen molar-refractivity contribution in [1.82, 2.24) is 10.3 Å². The Morgan fingerprint density at radius 2 is 1.95 bits per heavy atom. The van der Waals surface area contributed by atoms with E-state index >= 15 is 0 Å². The average Bonchev–Trinajstić information content (AvgIpc) is 2.46. The molecular formula is C15H17N3O. The minimum absolute atomic E-state index is 0.0184. The molecule has 2 aromatic rings. The van der Waals surface area contributed by atoms with E-state index in [0.29, 0.717) is 13.0 Å². The molecule has 0 atom stereocenters. The molecule has 4 heteroatoms. The summed E-state index contributed by atoms with van der Waals surface area (Å²) in [5.41, 5.74) is 1.95. The molecule has 98 valence electrons. The van der Waals surface area contributed by atoms with Crippen molar-refractivity contribution < 1.29 is 4.79 Å². The number of para-hydroxylation sites is 1. The van der Waals surface area contributed by atoms with Crippen LogP contribution in [0.15, 0.2) is 54.9 Å². The number of hydrogen-bond acceptors (Lipinski definition) is 3. The Labute approximate surface area is 112 Å². The maximum absolute atomic E-state index is 11.7. The Morgan fingerprint density at radius 1 is 1.11 bits per heavy atom. The van der Waals surface area contributed by atoms with Crippen molar-refractivity contribution >= 4 is 11.6 Å². The zero-order valence-corrected chi connectivity index (χ0v) is 10.7. The van der Waals surface area contributed by atoms with Gasteiger partial charge in [-0.15, -0.1) is 0 Å². The number of aromatic nitrogens is 1. The van der Waals surface area contributed by atoms with E-state index in [1.165, 1.54) is 0 Å². The number of nitrogens with zero attached hydrogens (tertiary/aromatic N) is 1. The Balaban J connectivity index is 1.65. The van der Waals surface area contributed by atoms with Crippen LogP contribution in [0.1, 0.15) is 12.0 Å². The van der Waals surface area contributed by atoms with Gasteiger partial charge in [0.15, 0.2) is 0 Å². The van der Waals surface area contributed by atoms with Crippen LogP contribution >= 0.6 is 0 Å². The summed E-state index contributed by atoms with van der Waals surface area (Å²) in [7, 11) is 0. The minimum atomic E-state index is 0.0184. The van der Waals surface area contributed by atoms with Crippen LogP contribution in [-0.4, -0.2) is 17.4 Å². The van der Waals surface area contributed by atoms with E-state index in [2.05, 4.69) is 15.6 Å². The molecule has 0 saturated heterocycles. The molecule has 0 radical (unpaired) electrons. The Morgan fingerprint density at radius 3 is 2.68 bits per heavy atom. The molecule has 1 aromatic heterocycles. The molecule has 4 nitrogen and oxygen atoms in total. The van der Waals surface area contributed by atoms with E-state index in [1.54, 1.807) is 6.20 Å². The lowest BCUT2D eigenvalue weighted by Crippen LogP contribution is -2.21. The second kappa shape index (κ2) is 7.28. The van der Waals surface area contributed by atoms with Crippen LogP contribution in [-0.2, 0) is 11.3 Å². The SMILES string of the molecule is O=C(CCNCc1cccnc1)Nc1ccccc1. The molecule has 0 aliphatic carbocycles. The molecule has 1 aromatic carbocycles. The largest absolute Gasteiger partial charge is 0.326 e. The molecule has 0 spiro atoms. The van der Waals surface area contributed by atoms with Crippen molar-refractivity contribution in [2.45, 2.75) is 13.0 Å². The number of carbonyl (C=O) groups is 1. The topological polar surface area (TPSA) is 54.0 Å². The third-order valence-electron chi connectivity index (χ3n) is 2.64. The first-order valence-corrected chi connectivity index (χ1v) is 6.29. The fraction of sp³-hybridized carbons (Fsp3) is 0.200. The Bertz CT molecular complexity index is 499. The highest BCUT2D eigenvalue weighted by Gasteiger charge is 2.01. The molecule has 0 unspecified atom stereocenters. The summed E-state index contributed by atoms with van der Waals surface area (Å²) in [4.78, 5) is 15.7. The Kier molecular flexibility index (Phi) is 5.07. The van der Waals surface area contributed by atoms with Gasteiger partial charge in [-0.1, -0.05) is 24.3 Å². The summed E-state index contributed by atoms with van der Waals surface area (Å²) in [5, 5.41) is 6.07. The second-order valence-corrected chi connectivity index (χ2v) is 4.20. The van der Waals surface area contributed by atoms with Crippen molar-refractivity contribution in [2.75, 3.05) is 11.9 Å². The van der Waals surface area contributed by atoms with Gasteiger partial charge < -0.3 is 10.6 Å². The van der Waals surface area contributed by atoms with Crippen LogP contribution in [0.2, 0.25) is 0 Å². The highest BCUT2D eigenvalue weighted by Crippen LogP contribution is 2.05. The van der Waals surface area contributed by atoms with E-state index in [-0.39, 0.29) is 5.91 Å². The molecule has 0 fully saturated rings. The number of anilines is 1. The van der Waals surface area contributed by atoms with Crippen LogP contribution in [0.3, 0.4) is 0 Å². The Hall–Kier alpha value is -2.20. The number of nitrogens with one attached hydrogen (secondary N) is 2. The maximum Gasteiger partial charge on any atom is 0.225 e. The average molecular weight is 255 g/mol.